The molecule has 11 nitrogen and oxygen atoms in total. The number of ether oxygens (including phenoxy) is 1. The second kappa shape index (κ2) is 12.7. The number of nitrogens with one attached hydrogen (secondary N) is 1. The molecule has 0 saturated carbocycles. The van der Waals surface area contributed by atoms with Gasteiger partial charge in [-0.3, -0.25) is 19.0 Å². The maximum Gasteiger partial charge on any atom is 0.573 e. The number of halogens is 3. The standard InChI is InChI=1S/C30H25F3N6O5S/c1-18-8-12-21(13-9-18)39-28(42)23(16-25(40)34-20-10-14-22(15-11-20)43-30(31,32)33)38(29(39)45)17-24-27(44-36-37(24)2)35-26(41)19-6-4-3-5-7-19/h3-15,23H,16-17H2,1-2H3,(H-,34,35,36,40,41). The quantitative estimate of drug-likeness (QED) is 0.127. The number of hydrogen-bond acceptors (Lipinski definition) is 8. The lowest BCUT2D eigenvalue weighted by Gasteiger charge is -2.22. The molecule has 4 aromatic rings. The van der Waals surface area contributed by atoms with E-state index in [1.165, 1.54) is 26.6 Å². The number of aryl methyl sites for hydroxylation is 2. The van der Waals surface area contributed by atoms with Crippen LogP contribution in [0.4, 0.5) is 30.4 Å². The van der Waals surface area contributed by atoms with Crippen molar-refractivity contribution in [2.45, 2.75) is 32.3 Å². The third kappa shape index (κ3) is 7.26. The first kappa shape index (κ1) is 31.1. The molecule has 1 unspecified atom stereocenters. The first-order valence-electron chi connectivity index (χ1n) is 13.4. The van der Waals surface area contributed by atoms with Crippen LogP contribution in [0.2, 0.25) is 0 Å². The summed E-state index contributed by atoms with van der Waals surface area (Å²) in [5.41, 5.74) is 2.28. The molecule has 0 radical (unpaired) electrons. The highest BCUT2D eigenvalue weighted by Gasteiger charge is 2.46. The van der Waals surface area contributed by atoms with Gasteiger partial charge in [-0.25, -0.2) is 4.99 Å². The largest absolute Gasteiger partial charge is 0.858 e. The number of amides is 2. The average Bonchev–Trinajstić information content (AvgIpc) is 3.45. The van der Waals surface area contributed by atoms with Crippen LogP contribution < -0.4 is 24.7 Å². The third-order valence-electron chi connectivity index (χ3n) is 6.79. The summed E-state index contributed by atoms with van der Waals surface area (Å²) >= 11 is 5.73. The highest BCUT2D eigenvalue weighted by molar-refractivity contribution is 7.80. The molecule has 2 amide bonds. The number of alkyl halides is 3. The highest BCUT2D eigenvalue weighted by Crippen LogP contribution is 2.31. The molecule has 1 aliphatic heterocycles. The fourth-order valence-electron chi connectivity index (χ4n) is 4.57. The van der Waals surface area contributed by atoms with Gasteiger partial charge in [0.05, 0.1) is 12.1 Å². The van der Waals surface area contributed by atoms with Crippen molar-refractivity contribution in [1.29, 1.82) is 0 Å². The van der Waals surface area contributed by atoms with E-state index >= 15 is 0 Å². The average molecular weight is 639 g/mol. The summed E-state index contributed by atoms with van der Waals surface area (Å²) in [7, 11) is 1.57. The van der Waals surface area contributed by atoms with E-state index in [9.17, 15) is 27.9 Å². The van der Waals surface area contributed by atoms with Crippen LogP contribution in [0, 0.1) is 6.92 Å². The van der Waals surface area contributed by atoms with Crippen molar-refractivity contribution in [2.75, 3.05) is 10.2 Å². The van der Waals surface area contributed by atoms with Gasteiger partial charge in [0.1, 0.15) is 18.3 Å². The van der Waals surface area contributed by atoms with E-state index < -0.39 is 35.9 Å². The summed E-state index contributed by atoms with van der Waals surface area (Å²) in [5, 5.41) is 19.3. The number of carbonyl (C=O) groups is 2. The Hall–Kier alpha value is -5.31. The second-order valence-corrected chi connectivity index (χ2v) is 10.4. The van der Waals surface area contributed by atoms with Gasteiger partial charge in [-0.15, -0.1) is 13.2 Å². The van der Waals surface area contributed by atoms with Crippen LogP contribution >= 0.6 is 12.2 Å². The van der Waals surface area contributed by atoms with Crippen LogP contribution in [0.5, 0.6) is 5.75 Å². The molecule has 0 bridgehead atoms. The zero-order chi connectivity index (χ0) is 32.3. The minimum Gasteiger partial charge on any atom is -0.858 e. The lowest BCUT2D eigenvalue weighted by Crippen LogP contribution is -2.42. The van der Waals surface area contributed by atoms with E-state index in [-0.39, 0.29) is 29.6 Å². The Balaban J connectivity index is 1.41. The van der Waals surface area contributed by atoms with Crippen molar-refractivity contribution in [3.8, 4) is 5.75 Å². The van der Waals surface area contributed by atoms with Gasteiger partial charge in [-0.05, 0) is 71.7 Å². The van der Waals surface area contributed by atoms with Gasteiger partial charge in [0.2, 0.25) is 11.2 Å². The van der Waals surface area contributed by atoms with Gasteiger partial charge in [-0.1, -0.05) is 48.0 Å². The molecule has 1 fully saturated rings. The van der Waals surface area contributed by atoms with E-state index in [1.54, 1.807) is 49.5 Å². The van der Waals surface area contributed by atoms with Crippen LogP contribution in [0.15, 0.2) is 88.4 Å². The maximum absolute atomic E-state index is 13.8. The lowest BCUT2D eigenvalue weighted by atomic mass is 10.1. The summed E-state index contributed by atoms with van der Waals surface area (Å²) in [6.07, 6.45) is -5.23. The summed E-state index contributed by atoms with van der Waals surface area (Å²) in [4.78, 5) is 33.9. The molecular formula is C30H25F3N6O5S. The fraction of sp³-hybridized carbons (Fsp3) is 0.200. The van der Waals surface area contributed by atoms with E-state index in [2.05, 4.69) is 20.3 Å². The number of carbonyl (C=O) groups excluding carboxylic acids is 2. The number of aromatic nitrogens is 2. The lowest BCUT2D eigenvalue weighted by molar-refractivity contribution is -0.746. The van der Waals surface area contributed by atoms with E-state index in [0.29, 0.717) is 16.9 Å². The van der Waals surface area contributed by atoms with Crippen LogP contribution in [0.1, 0.15) is 23.2 Å². The smallest absolute Gasteiger partial charge is 0.573 e. The van der Waals surface area contributed by atoms with Crippen molar-refractivity contribution < 1.29 is 41.8 Å². The van der Waals surface area contributed by atoms with Crippen LogP contribution in [0.3, 0.4) is 0 Å². The monoisotopic (exact) mass is 638 g/mol. The summed E-state index contributed by atoms with van der Waals surface area (Å²) < 4.78 is 48.0. The van der Waals surface area contributed by atoms with Gasteiger partial charge < -0.3 is 20.1 Å². The molecule has 1 saturated heterocycles. The molecule has 2 heterocycles. The SMILES string of the molecule is Cc1ccc(N2C(=O)C(CC(=O)Nc3ccc(OC(F)(F)F)cc3)N(Cc3c(/N=C(\[O-])c4ccccc4)on[n+]3C)C2=S)cc1. The van der Waals surface area contributed by atoms with Gasteiger partial charge >= 0.3 is 12.2 Å². The molecule has 1 atom stereocenters. The molecule has 0 spiro atoms. The van der Waals surface area contributed by atoms with Crippen LogP contribution in [-0.2, 0) is 23.2 Å². The normalized spacial score (nSPS) is 15.5. The van der Waals surface area contributed by atoms with Crippen LogP contribution in [0.25, 0.3) is 0 Å². The zero-order valence-corrected chi connectivity index (χ0v) is 24.6. The van der Waals surface area contributed by atoms with Crippen molar-refractivity contribution in [3.05, 3.63) is 95.7 Å². The molecule has 1 N–H and O–H groups in total. The Morgan fingerprint density at radius 2 is 1.78 bits per heavy atom. The Bertz CT molecular complexity index is 1740. The molecule has 15 heteroatoms. The summed E-state index contributed by atoms with van der Waals surface area (Å²) in [5.74, 6) is -2.20. The highest BCUT2D eigenvalue weighted by atomic mass is 32.1. The number of hydrogen-bond donors (Lipinski definition) is 1. The Morgan fingerprint density at radius 3 is 2.42 bits per heavy atom. The van der Waals surface area contributed by atoms with Gasteiger partial charge in [0, 0.05) is 5.69 Å². The van der Waals surface area contributed by atoms with Crippen LogP contribution in [-0.4, -0.2) is 45.4 Å². The molecule has 0 aliphatic carbocycles. The number of aliphatic imine (C=N–C) groups is 1. The number of benzene rings is 3. The number of nitrogens with zero attached hydrogens (tertiary/aromatic N) is 5. The predicted octanol–water partition coefficient (Wildman–Crippen LogP) is 3.68. The Labute approximate surface area is 260 Å². The zero-order valence-electron chi connectivity index (χ0n) is 23.8. The predicted molar refractivity (Wildman–Crippen MR) is 157 cm³/mol. The third-order valence-corrected chi connectivity index (χ3v) is 7.21. The minimum absolute atomic E-state index is 0.0943. The molecule has 1 aromatic heterocycles. The number of rotatable bonds is 9. The number of thiocarbonyl (C=S) groups is 1. The Morgan fingerprint density at radius 1 is 1.11 bits per heavy atom. The minimum atomic E-state index is -4.86. The first-order valence-corrected chi connectivity index (χ1v) is 13.8. The first-order chi connectivity index (χ1) is 21.4. The molecule has 5 rings (SSSR count). The van der Waals surface area contributed by atoms with Crippen molar-refractivity contribution in [2.24, 2.45) is 12.0 Å². The molecular weight excluding hydrogens is 613 g/mol. The topological polar surface area (TPSA) is 127 Å². The summed E-state index contributed by atoms with van der Waals surface area (Å²) in [6.45, 7) is 1.79. The van der Waals surface area contributed by atoms with Crippen molar-refractivity contribution in [3.63, 3.8) is 0 Å². The second-order valence-electron chi connectivity index (χ2n) is 9.99. The van der Waals surface area contributed by atoms with E-state index in [1.807, 2.05) is 19.1 Å². The van der Waals surface area contributed by atoms with Gasteiger partial charge in [0.15, 0.2) is 12.2 Å². The maximum atomic E-state index is 13.8. The summed E-state index contributed by atoms with van der Waals surface area (Å²) in [6, 6.07) is 18.9. The Kier molecular flexibility index (Phi) is 8.81. The molecule has 1 aliphatic rings. The van der Waals surface area contributed by atoms with E-state index in [0.717, 1.165) is 17.7 Å². The molecule has 45 heavy (non-hydrogen) atoms. The molecule has 3 aromatic carbocycles. The van der Waals surface area contributed by atoms with E-state index in [4.69, 9.17) is 16.7 Å². The van der Waals surface area contributed by atoms with Gasteiger partial charge in [-0.2, -0.15) is 0 Å². The molecule has 232 valence electrons. The van der Waals surface area contributed by atoms with Crippen molar-refractivity contribution >= 4 is 52.3 Å². The van der Waals surface area contributed by atoms with Crippen molar-refractivity contribution in [1.82, 2.24) is 10.2 Å². The fourth-order valence-corrected chi connectivity index (χ4v) is 4.95. The number of anilines is 2. The van der Waals surface area contributed by atoms with Gasteiger partial charge in [0.25, 0.3) is 11.6 Å².